The van der Waals surface area contributed by atoms with Crippen LogP contribution in [0.5, 0.6) is 5.75 Å². The molecular formula is C15H23N3O3. The first kappa shape index (κ1) is 15.4. The summed E-state index contributed by atoms with van der Waals surface area (Å²) in [4.78, 5) is 17.6. The number of nitrogens with zero attached hydrogens (tertiary/aromatic N) is 2. The van der Waals surface area contributed by atoms with Crippen LogP contribution in [-0.4, -0.2) is 40.8 Å². The van der Waals surface area contributed by atoms with E-state index < -0.39 is 5.60 Å². The van der Waals surface area contributed by atoms with E-state index in [4.69, 9.17) is 15.2 Å². The molecule has 1 aromatic rings. The van der Waals surface area contributed by atoms with E-state index in [1.165, 1.54) is 0 Å². The maximum absolute atomic E-state index is 12.0. The van der Waals surface area contributed by atoms with Gasteiger partial charge >= 0.3 is 6.09 Å². The van der Waals surface area contributed by atoms with Crippen molar-refractivity contribution in [3.63, 3.8) is 0 Å². The van der Waals surface area contributed by atoms with E-state index in [1.807, 2.05) is 20.8 Å². The Morgan fingerprint density at radius 2 is 2.05 bits per heavy atom. The molecule has 0 aromatic carbocycles. The summed E-state index contributed by atoms with van der Waals surface area (Å²) in [7, 11) is 0. The third-order valence-corrected chi connectivity index (χ3v) is 3.15. The lowest BCUT2D eigenvalue weighted by Crippen LogP contribution is -2.44. The van der Waals surface area contributed by atoms with E-state index in [1.54, 1.807) is 23.2 Å². The van der Waals surface area contributed by atoms with Crippen LogP contribution in [0.4, 0.5) is 10.6 Å². The van der Waals surface area contributed by atoms with Gasteiger partial charge in [0, 0.05) is 38.2 Å². The molecule has 116 valence electrons. The van der Waals surface area contributed by atoms with E-state index in [-0.39, 0.29) is 12.2 Å². The Labute approximate surface area is 125 Å². The van der Waals surface area contributed by atoms with Gasteiger partial charge < -0.3 is 20.1 Å². The highest BCUT2D eigenvalue weighted by molar-refractivity contribution is 5.68. The highest BCUT2D eigenvalue weighted by Gasteiger charge is 2.27. The zero-order chi connectivity index (χ0) is 15.5. The molecule has 21 heavy (non-hydrogen) atoms. The number of aromatic nitrogens is 1. The van der Waals surface area contributed by atoms with Gasteiger partial charge in [-0.15, -0.1) is 0 Å². The summed E-state index contributed by atoms with van der Waals surface area (Å²) in [5.74, 6) is 1.16. The van der Waals surface area contributed by atoms with Crippen molar-refractivity contribution in [3.8, 4) is 5.75 Å². The van der Waals surface area contributed by atoms with Crippen molar-refractivity contribution in [1.29, 1.82) is 0 Å². The Balaban J connectivity index is 1.82. The Kier molecular flexibility index (Phi) is 4.55. The predicted molar refractivity (Wildman–Crippen MR) is 80.1 cm³/mol. The molecule has 2 rings (SSSR count). The fraction of sp³-hybridized carbons (Fsp3) is 0.600. The monoisotopic (exact) mass is 293 g/mol. The van der Waals surface area contributed by atoms with Gasteiger partial charge in [0.2, 0.25) is 0 Å². The summed E-state index contributed by atoms with van der Waals surface area (Å²) in [6.45, 7) is 6.89. The Morgan fingerprint density at radius 3 is 2.62 bits per heavy atom. The Bertz CT molecular complexity index is 491. The van der Waals surface area contributed by atoms with Gasteiger partial charge in [0.05, 0.1) is 0 Å². The summed E-state index contributed by atoms with van der Waals surface area (Å²) < 4.78 is 11.2. The fourth-order valence-corrected chi connectivity index (χ4v) is 2.18. The SMILES string of the molecule is CC(C)(C)OC(=O)N1CCC(Oc2ccnc(N)c2)CC1. The summed E-state index contributed by atoms with van der Waals surface area (Å²) in [5.41, 5.74) is 5.16. The minimum Gasteiger partial charge on any atom is -0.490 e. The largest absolute Gasteiger partial charge is 0.490 e. The van der Waals surface area contributed by atoms with Gasteiger partial charge in [0.15, 0.2) is 0 Å². The number of likely N-dealkylation sites (tertiary alicyclic amines) is 1. The molecule has 0 saturated carbocycles. The van der Waals surface area contributed by atoms with E-state index in [0.29, 0.717) is 18.9 Å². The van der Waals surface area contributed by atoms with Gasteiger partial charge in [-0.3, -0.25) is 0 Å². The molecule has 1 aromatic heterocycles. The van der Waals surface area contributed by atoms with Crippen LogP contribution in [0.1, 0.15) is 33.6 Å². The molecule has 6 nitrogen and oxygen atoms in total. The molecule has 0 spiro atoms. The van der Waals surface area contributed by atoms with Gasteiger partial charge in [-0.05, 0) is 26.8 Å². The number of carbonyl (C=O) groups is 1. The maximum Gasteiger partial charge on any atom is 0.410 e. The molecule has 0 bridgehead atoms. The number of nitrogens with two attached hydrogens (primary N) is 1. The summed E-state index contributed by atoms with van der Waals surface area (Å²) in [6, 6.07) is 3.50. The Morgan fingerprint density at radius 1 is 1.38 bits per heavy atom. The zero-order valence-corrected chi connectivity index (χ0v) is 12.8. The maximum atomic E-state index is 12.0. The van der Waals surface area contributed by atoms with Crippen molar-refractivity contribution < 1.29 is 14.3 Å². The fourth-order valence-electron chi connectivity index (χ4n) is 2.18. The molecule has 2 heterocycles. The molecule has 6 heteroatoms. The second-order valence-corrected chi connectivity index (χ2v) is 6.20. The Hall–Kier alpha value is -1.98. The van der Waals surface area contributed by atoms with E-state index in [0.717, 1.165) is 18.6 Å². The molecule has 0 atom stereocenters. The molecule has 0 unspecified atom stereocenters. The van der Waals surface area contributed by atoms with Crippen LogP contribution in [0.3, 0.4) is 0 Å². The normalized spacial score (nSPS) is 16.6. The highest BCUT2D eigenvalue weighted by atomic mass is 16.6. The second kappa shape index (κ2) is 6.20. The molecule has 1 aliphatic heterocycles. The van der Waals surface area contributed by atoms with E-state index in [2.05, 4.69) is 4.98 Å². The third-order valence-electron chi connectivity index (χ3n) is 3.15. The molecule has 0 aliphatic carbocycles. The minimum atomic E-state index is -0.459. The number of anilines is 1. The smallest absolute Gasteiger partial charge is 0.410 e. The summed E-state index contributed by atoms with van der Waals surface area (Å²) in [5, 5.41) is 0. The van der Waals surface area contributed by atoms with Crippen LogP contribution in [-0.2, 0) is 4.74 Å². The molecule has 1 fully saturated rings. The molecule has 0 radical (unpaired) electrons. The van der Waals surface area contributed by atoms with Crippen molar-refractivity contribution in [3.05, 3.63) is 18.3 Å². The number of hydrogen-bond acceptors (Lipinski definition) is 5. The molecular weight excluding hydrogens is 270 g/mol. The van der Waals surface area contributed by atoms with Crippen LogP contribution < -0.4 is 10.5 Å². The number of carbonyl (C=O) groups excluding carboxylic acids is 1. The molecule has 1 amide bonds. The van der Waals surface area contributed by atoms with E-state index >= 15 is 0 Å². The first-order chi connectivity index (χ1) is 9.83. The molecule has 1 aliphatic rings. The van der Waals surface area contributed by atoms with Crippen molar-refractivity contribution >= 4 is 11.9 Å². The van der Waals surface area contributed by atoms with Crippen molar-refractivity contribution in [2.75, 3.05) is 18.8 Å². The summed E-state index contributed by atoms with van der Waals surface area (Å²) >= 11 is 0. The molecule has 1 saturated heterocycles. The average Bonchev–Trinajstić information content (AvgIpc) is 2.37. The highest BCUT2D eigenvalue weighted by Crippen LogP contribution is 2.21. The van der Waals surface area contributed by atoms with Crippen LogP contribution in [0.15, 0.2) is 18.3 Å². The number of rotatable bonds is 2. The van der Waals surface area contributed by atoms with Crippen molar-refractivity contribution in [1.82, 2.24) is 9.88 Å². The minimum absolute atomic E-state index is 0.0884. The number of nitrogen functional groups attached to an aromatic ring is 1. The summed E-state index contributed by atoms with van der Waals surface area (Å²) in [6.07, 6.45) is 3.02. The van der Waals surface area contributed by atoms with Gasteiger partial charge in [-0.2, -0.15) is 0 Å². The lowest BCUT2D eigenvalue weighted by Gasteiger charge is -2.33. The number of pyridine rings is 1. The lowest BCUT2D eigenvalue weighted by atomic mass is 10.1. The number of ether oxygens (including phenoxy) is 2. The van der Waals surface area contributed by atoms with Gasteiger partial charge in [-0.25, -0.2) is 9.78 Å². The first-order valence-electron chi connectivity index (χ1n) is 7.19. The third kappa shape index (κ3) is 4.81. The van der Waals surface area contributed by atoms with Crippen molar-refractivity contribution in [2.45, 2.75) is 45.3 Å². The second-order valence-electron chi connectivity index (χ2n) is 6.20. The average molecular weight is 293 g/mol. The number of amides is 1. The molecule has 2 N–H and O–H groups in total. The van der Waals surface area contributed by atoms with Crippen LogP contribution >= 0.6 is 0 Å². The topological polar surface area (TPSA) is 77.7 Å². The number of hydrogen-bond donors (Lipinski definition) is 1. The number of piperidine rings is 1. The van der Waals surface area contributed by atoms with Gasteiger partial charge in [0.1, 0.15) is 23.3 Å². The van der Waals surface area contributed by atoms with Crippen LogP contribution in [0, 0.1) is 0 Å². The van der Waals surface area contributed by atoms with E-state index in [9.17, 15) is 4.79 Å². The predicted octanol–water partition coefficient (Wildman–Crippen LogP) is 2.44. The van der Waals surface area contributed by atoms with Crippen LogP contribution in [0.25, 0.3) is 0 Å². The van der Waals surface area contributed by atoms with Gasteiger partial charge in [0.25, 0.3) is 0 Å². The zero-order valence-electron chi connectivity index (χ0n) is 12.8. The van der Waals surface area contributed by atoms with Crippen LogP contribution in [0.2, 0.25) is 0 Å². The van der Waals surface area contributed by atoms with Crippen molar-refractivity contribution in [2.24, 2.45) is 0 Å². The lowest BCUT2D eigenvalue weighted by molar-refractivity contribution is 0.0126. The van der Waals surface area contributed by atoms with Gasteiger partial charge in [-0.1, -0.05) is 0 Å². The standard InChI is InChI=1S/C15H23N3O3/c1-15(2,3)21-14(19)18-8-5-11(6-9-18)20-12-4-7-17-13(16)10-12/h4,7,10-11H,5-6,8-9H2,1-3H3,(H2,16,17). The quantitative estimate of drug-likeness (QED) is 0.906. The first-order valence-corrected chi connectivity index (χ1v) is 7.19.